The van der Waals surface area contributed by atoms with Gasteiger partial charge in [0.25, 0.3) is 0 Å². The number of allylic oxidation sites excluding steroid dienone is 1. The van der Waals surface area contributed by atoms with Crippen molar-refractivity contribution in [3.05, 3.63) is 12.2 Å². The van der Waals surface area contributed by atoms with Gasteiger partial charge < -0.3 is 10.2 Å². The summed E-state index contributed by atoms with van der Waals surface area (Å²) < 4.78 is 0. The van der Waals surface area contributed by atoms with Gasteiger partial charge in [-0.3, -0.25) is 0 Å². The summed E-state index contributed by atoms with van der Waals surface area (Å²) in [6.45, 7) is 2.26. The minimum Gasteiger partial charge on any atom is -0.478 e. The van der Waals surface area contributed by atoms with Gasteiger partial charge in [-0.1, -0.05) is 13.0 Å². The molecule has 0 aliphatic carbocycles. The molecule has 0 rings (SSSR count). The molecule has 0 aromatic carbocycles. The minimum atomic E-state index is -0.898. The number of carbonyl (C=O) groups is 1. The highest BCUT2D eigenvalue weighted by molar-refractivity contribution is 5.79. The van der Waals surface area contributed by atoms with Crippen molar-refractivity contribution in [3.8, 4) is 0 Å². The zero-order chi connectivity index (χ0) is 9.40. The van der Waals surface area contributed by atoms with E-state index in [1.807, 2.05) is 6.92 Å². The predicted molar refractivity (Wildman–Crippen MR) is 46.9 cm³/mol. The van der Waals surface area contributed by atoms with Crippen LogP contribution in [0, 0.1) is 5.92 Å². The summed E-state index contributed by atoms with van der Waals surface area (Å²) in [6.07, 6.45) is 5.31. The Labute approximate surface area is 72.7 Å². The molecule has 3 nitrogen and oxygen atoms in total. The SMILES string of the molecule is C[C@H](CCO)CC/C=C/C(=O)O. The van der Waals surface area contributed by atoms with Crippen molar-refractivity contribution in [2.24, 2.45) is 5.92 Å². The lowest BCUT2D eigenvalue weighted by Crippen LogP contribution is -1.97. The van der Waals surface area contributed by atoms with E-state index in [-0.39, 0.29) is 6.61 Å². The second-order valence-electron chi connectivity index (χ2n) is 2.94. The summed E-state index contributed by atoms with van der Waals surface area (Å²) in [6, 6.07) is 0. The van der Waals surface area contributed by atoms with Crippen LogP contribution in [0.4, 0.5) is 0 Å². The molecule has 0 bridgehead atoms. The van der Waals surface area contributed by atoms with Crippen molar-refractivity contribution in [1.29, 1.82) is 0 Å². The molecule has 3 heteroatoms. The third-order valence-electron chi connectivity index (χ3n) is 1.71. The van der Waals surface area contributed by atoms with Crippen LogP contribution in [-0.2, 0) is 4.79 Å². The summed E-state index contributed by atoms with van der Waals surface area (Å²) in [5.74, 6) is -0.432. The van der Waals surface area contributed by atoms with Gasteiger partial charge in [-0.05, 0) is 25.2 Å². The first kappa shape index (κ1) is 11.2. The van der Waals surface area contributed by atoms with Gasteiger partial charge in [0.05, 0.1) is 0 Å². The Morgan fingerprint density at radius 3 is 2.67 bits per heavy atom. The largest absolute Gasteiger partial charge is 0.478 e. The van der Waals surface area contributed by atoms with Crippen molar-refractivity contribution in [1.82, 2.24) is 0 Å². The van der Waals surface area contributed by atoms with E-state index in [1.165, 1.54) is 0 Å². The first-order valence-corrected chi connectivity index (χ1v) is 4.17. The minimum absolute atomic E-state index is 0.212. The molecule has 0 aromatic rings. The van der Waals surface area contributed by atoms with Gasteiger partial charge in [0, 0.05) is 12.7 Å². The fourth-order valence-electron chi connectivity index (χ4n) is 0.930. The molecule has 0 amide bonds. The maximum Gasteiger partial charge on any atom is 0.327 e. The molecule has 0 radical (unpaired) electrons. The van der Waals surface area contributed by atoms with Gasteiger partial charge in [-0.2, -0.15) is 0 Å². The lowest BCUT2D eigenvalue weighted by molar-refractivity contribution is -0.131. The molecule has 1 atom stereocenters. The smallest absolute Gasteiger partial charge is 0.327 e. The Kier molecular flexibility index (Phi) is 6.38. The zero-order valence-electron chi connectivity index (χ0n) is 7.36. The van der Waals surface area contributed by atoms with E-state index in [0.29, 0.717) is 5.92 Å². The van der Waals surface area contributed by atoms with Crippen molar-refractivity contribution < 1.29 is 15.0 Å². The maximum atomic E-state index is 10.0. The molecule has 0 saturated heterocycles. The summed E-state index contributed by atoms with van der Waals surface area (Å²) >= 11 is 0. The van der Waals surface area contributed by atoms with Gasteiger partial charge >= 0.3 is 5.97 Å². The van der Waals surface area contributed by atoms with Crippen molar-refractivity contribution in [2.75, 3.05) is 6.61 Å². The lowest BCUT2D eigenvalue weighted by atomic mass is 10.0. The van der Waals surface area contributed by atoms with Crippen molar-refractivity contribution >= 4 is 5.97 Å². The third kappa shape index (κ3) is 7.28. The van der Waals surface area contributed by atoms with Gasteiger partial charge in [0.15, 0.2) is 0 Å². The van der Waals surface area contributed by atoms with E-state index in [1.54, 1.807) is 6.08 Å². The van der Waals surface area contributed by atoms with Crippen LogP contribution in [0.1, 0.15) is 26.2 Å². The molecule has 0 spiro atoms. The third-order valence-corrected chi connectivity index (χ3v) is 1.71. The summed E-state index contributed by atoms with van der Waals surface area (Å²) in [5, 5.41) is 16.8. The van der Waals surface area contributed by atoms with Crippen LogP contribution in [0.2, 0.25) is 0 Å². The molecule has 0 aliphatic heterocycles. The molecular formula is C9H16O3. The van der Waals surface area contributed by atoms with Crippen LogP contribution in [0.3, 0.4) is 0 Å². The molecule has 70 valence electrons. The van der Waals surface area contributed by atoms with Crippen LogP contribution < -0.4 is 0 Å². The normalized spacial score (nSPS) is 13.5. The van der Waals surface area contributed by atoms with Crippen LogP contribution in [0.5, 0.6) is 0 Å². The predicted octanol–water partition coefficient (Wildman–Crippen LogP) is 1.43. The Bertz CT molecular complexity index is 152. The molecule has 0 unspecified atom stereocenters. The average molecular weight is 172 g/mol. The number of hydrogen-bond donors (Lipinski definition) is 2. The Morgan fingerprint density at radius 1 is 1.50 bits per heavy atom. The van der Waals surface area contributed by atoms with E-state index in [2.05, 4.69) is 0 Å². The Morgan fingerprint density at radius 2 is 2.17 bits per heavy atom. The van der Waals surface area contributed by atoms with E-state index in [0.717, 1.165) is 25.3 Å². The van der Waals surface area contributed by atoms with Gasteiger partial charge in [-0.25, -0.2) is 4.79 Å². The molecule has 0 aromatic heterocycles. The fraction of sp³-hybridized carbons (Fsp3) is 0.667. The zero-order valence-corrected chi connectivity index (χ0v) is 7.36. The number of rotatable bonds is 6. The number of aliphatic hydroxyl groups excluding tert-OH is 1. The van der Waals surface area contributed by atoms with Crippen molar-refractivity contribution in [2.45, 2.75) is 26.2 Å². The van der Waals surface area contributed by atoms with Crippen LogP contribution >= 0.6 is 0 Å². The summed E-state index contributed by atoms with van der Waals surface area (Å²) in [5.41, 5.74) is 0. The molecule has 12 heavy (non-hydrogen) atoms. The Balaban J connectivity index is 3.36. The van der Waals surface area contributed by atoms with E-state index >= 15 is 0 Å². The van der Waals surface area contributed by atoms with E-state index in [9.17, 15) is 4.79 Å². The molecule has 0 heterocycles. The van der Waals surface area contributed by atoms with Crippen LogP contribution in [0.25, 0.3) is 0 Å². The number of carboxylic acid groups (broad SMARTS) is 1. The highest BCUT2D eigenvalue weighted by atomic mass is 16.4. The quantitative estimate of drug-likeness (QED) is 0.596. The monoisotopic (exact) mass is 172 g/mol. The molecule has 0 aliphatic rings. The topological polar surface area (TPSA) is 57.5 Å². The highest BCUT2D eigenvalue weighted by Crippen LogP contribution is 2.09. The van der Waals surface area contributed by atoms with Gasteiger partial charge in [0.2, 0.25) is 0 Å². The second kappa shape index (κ2) is 6.85. The second-order valence-corrected chi connectivity index (χ2v) is 2.94. The number of aliphatic hydroxyl groups is 1. The Hall–Kier alpha value is -0.830. The highest BCUT2D eigenvalue weighted by Gasteiger charge is 1.98. The van der Waals surface area contributed by atoms with Crippen LogP contribution in [-0.4, -0.2) is 22.8 Å². The molecule has 0 fully saturated rings. The maximum absolute atomic E-state index is 10.0. The summed E-state index contributed by atoms with van der Waals surface area (Å²) in [7, 11) is 0. The number of hydrogen-bond acceptors (Lipinski definition) is 2. The van der Waals surface area contributed by atoms with E-state index in [4.69, 9.17) is 10.2 Å². The fourth-order valence-corrected chi connectivity index (χ4v) is 0.930. The lowest BCUT2D eigenvalue weighted by Gasteiger charge is -2.05. The molecule has 2 N–H and O–H groups in total. The first-order chi connectivity index (χ1) is 5.66. The average Bonchev–Trinajstić information content (AvgIpc) is 1.98. The van der Waals surface area contributed by atoms with E-state index < -0.39 is 5.97 Å². The van der Waals surface area contributed by atoms with Crippen LogP contribution in [0.15, 0.2) is 12.2 Å². The summed E-state index contributed by atoms with van der Waals surface area (Å²) in [4.78, 5) is 10.0. The standard InChI is InChI=1S/C9H16O3/c1-8(6-7-10)4-2-3-5-9(11)12/h3,5,8,10H,2,4,6-7H2,1H3,(H,11,12)/b5-3+/t8-/m0/s1. The van der Waals surface area contributed by atoms with Crippen molar-refractivity contribution in [3.63, 3.8) is 0 Å². The molecule has 0 saturated carbocycles. The van der Waals surface area contributed by atoms with Gasteiger partial charge in [-0.15, -0.1) is 0 Å². The number of aliphatic carboxylic acids is 1. The van der Waals surface area contributed by atoms with Gasteiger partial charge in [0.1, 0.15) is 0 Å². The number of carboxylic acids is 1. The first-order valence-electron chi connectivity index (χ1n) is 4.17. The molecular weight excluding hydrogens is 156 g/mol.